The maximum absolute atomic E-state index is 14.3. The Morgan fingerprint density at radius 1 is 0.284 bits per heavy atom. The largest absolute Gasteiger partial charge is 0.481 e. The Balaban J connectivity index is 7.02. The fraction of sp³-hybridized carbons (Fsp3) is 0.684. The van der Waals surface area contributed by atoms with Gasteiger partial charge in [-0.2, -0.15) is 0 Å². The van der Waals surface area contributed by atoms with Gasteiger partial charge in [-0.15, -0.1) is 0 Å². The third-order valence-electron chi connectivity index (χ3n) is 19.6. The Morgan fingerprint density at radius 2 is 0.567 bits per heavy atom. The van der Waals surface area contributed by atoms with E-state index in [4.69, 9.17) is 34.4 Å². The van der Waals surface area contributed by atoms with E-state index >= 15 is 0 Å². The Bertz CT molecular complexity index is 4150. The quantitative estimate of drug-likeness (QED) is 0.0251. The van der Waals surface area contributed by atoms with Crippen molar-refractivity contribution in [1.82, 2.24) is 90.4 Å². The van der Waals surface area contributed by atoms with Gasteiger partial charge >= 0.3 is 23.9 Å². The third-order valence-corrected chi connectivity index (χ3v) is 19.6. The van der Waals surface area contributed by atoms with Crippen LogP contribution in [0.3, 0.4) is 0 Å². The van der Waals surface area contributed by atoms with E-state index in [1.165, 1.54) is 27.7 Å². The molecule has 19 atom stereocenters. The fourth-order valence-electron chi connectivity index (χ4n) is 12.3. The van der Waals surface area contributed by atoms with E-state index in [1.807, 2.05) is 5.32 Å². The number of primary amides is 4. The number of hydrogen-bond acceptors (Lipinski definition) is 30. The SMILES string of the molecule is CC(C)C[C@H](NC(=O)[C@@H](NC(=O)[C@H](C)NC(=O)[C@H](C)NC(=O)[C@H](CCC(=O)O)NC(=O)[C@H](CCC(N)=O)NC(=O)[C@@H](NC(=O)[C@H](CC(N)=O)NC(=O)[C@H](CCC(=O)O)NC(=O)[C@H](CCC(=O)O)NC(=O)[C@H](CCCCN)NC(=O)[C@H](CC(C)C)NC(=O)[C@@H](NC(=O)[C@@H](N)CC(N)=O)[C@@H](C)O)[C@@H](C)O)C(C)C)C(=O)N[C@@H](CC(N)=O)C(=O)NCC(=O)N[C@H](C(=O)N[C@@H](CO)C(=O)O)C(C)C. The molecule has 0 aromatic rings. The lowest BCUT2D eigenvalue weighted by Gasteiger charge is -2.29. The van der Waals surface area contributed by atoms with Gasteiger partial charge in [0.05, 0.1) is 50.7 Å². The van der Waals surface area contributed by atoms with Gasteiger partial charge in [0.25, 0.3) is 0 Å². The van der Waals surface area contributed by atoms with Crippen LogP contribution in [0.4, 0.5) is 0 Å². The second kappa shape index (κ2) is 60.6. The van der Waals surface area contributed by atoms with Gasteiger partial charge in [-0.3, -0.25) is 115 Å². The highest BCUT2D eigenvalue weighted by Gasteiger charge is 2.41. The molecule has 0 heterocycles. The standard InChI is InChI=1S/C79H133N23O32/c1-32(2)25-46(97-78(132)61(38(11)104)101-65(119)40(81)27-52(83)107)72(126)89-41(15-13-14-24-80)68(122)91-44(18-22-57(113)114)70(124)92-45(19-23-58(115)116)71(125)95-49(29-54(85)109)74(128)102-62(39(12)105)77(131)93-42(16-20-51(82)106)69(123)90-43(17-21-56(111)112)67(121)88-36(9)63(117)87-37(10)64(118)100-60(35(7)8)76(130)96-47(26-33(3)4)73(127)94-48(28-53(84)108)66(120)86-30-55(110)99-59(34(5)6)75(129)98-50(31-103)79(133)134/h32-50,59-62,103-105H,13-31,80-81H2,1-12H3,(H2,82,106)(H2,83,107)(H2,84,108)(H2,85,109)(H,86,120)(H,87,117)(H,88,121)(H,89,126)(H,90,123)(H,91,122)(H,92,124)(H,93,131)(H,94,127)(H,95,125)(H,96,130)(H,97,132)(H,98,129)(H,99,110)(H,100,118)(H,101,119)(H,102,128)(H,111,112)(H,113,114)(H,115,116)(H,133,134)/t36-,37-,38+,39+,40-,41-,42-,43-,44-,45-,46-,47-,48-,49-,50-,59-,60-,61-,62-/m0/s1. The van der Waals surface area contributed by atoms with Gasteiger partial charge in [0, 0.05) is 25.7 Å². The summed E-state index contributed by atoms with van der Waals surface area (Å²) in [4.78, 5) is 330. The van der Waals surface area contributed by atoms with Crippen molar-refractivity contribution in [3.05, 3.63) is 0 Å². The number of carboxylic acids is 4. The maximum Gasteiger partial charge on any atom is 0.328 e. The lowest BCUT2D eigenvalue weighted by atomic mass is 9.99. The Morgan fingerprint density at radius 3 is 0.903 bits per heavy atom. The number of nitrogens with two attached hydrogens (primary N) is 6. The molecule has 134 heavy (non-hydrogen) atoms. The maximum atomic E-state index is 14.3. The van der Waals surface area contributed by atoms with E-state index in [1.54, 1.807) is 27.7 Å². The summed E-state index contributed by atoms with van der Waals surface area (Å²) in [5, 5.41) is 107. The molecule has 0 unspecified atom stereocenters. The van der Waals surface area contributed by atoms with Crippen LogP contribution in [0.2, 0.25) is 0 Å². The van der Waals surface area contributed by atoms with Crippen molar-refractivity contribution < 1.29 is 156 Å². The van der Waals surface area contributed by atoms with Crippen molar-refractivity contribution in [2.45, 2.75) is 301 Å². The molecule has 0 rings (SSSR count). The van der Waals surface area contributed by atoms with Gasteiger partial charge in [-0.05, 0) is 116 Å². The molecule has 0 aliphatic heterocycles. The first-order chi connectivity index (χ1) is 62.2. The molecule has 21 amide bonds. The number of aliphatic hydroxyl groups excluding tert-OH is 3. The molecule has 0 aliphatic rings. The molecular formula is C79H133N23O32. The number of aliphatic carboxylic acids is 4. The van der Waals surface area contributed by atoms with Crippen molar-refractivity contribution in [2.75, 3.05) is 19.7 Å². The summed E-state index contributed by atoms with van der Waals surface area (Å²) < 4.78 is 0. The number of hydrogen-bond donors (Lipinski definition) is 30. The molecule has 0 aromatic carbocycles. The number of amides is 21. The number of rotatable bonds is 66. The van der Waals surface area contributed by atoms with Crippen LogP contribution in [0.1, 0.15) is 186 Å². The zero-order valence-corrected chi connectivity index (χ0v) is 76.5. The number of carboxylic acid groups (broad SMARTS) is 4. The average Bonchev–Trinajstić information content (AvgIpc) is 0.849. The molecule has 0 radical (unpaired) electrons. The molecule has 0 aromatic heterocycles. The molecule has 0 fully saturated rings. The second-order valence-electron chi connectivity index (χ2n) is 33.2. The summed E-state index contributed by atoms with van der Waals surface area (Å²) in [6.45, 7) is 14.9. The molecule has 756 valence electrons. The van der Waals surface area contributed by atoms with E-state index < -0.39 is 364 Å². The zero-order valence-electron chi connectivity index (χ0n) is 76.5. The number of nitrogens with one attached hydrogen (secondary N) is 17. The molecule has 55 heteroatoms. The number of carbonyl (C=O) groups is 25. The minimum Gasteiger partial charge on any atom is -0.481 e. The Kier molecular flexibility index (Phi) is 54.5. The van der Waals surface area contributed by atoms with E-state index in [9.17, 15) is 156 Å². The highest BCUT2D eigenvalue weighted by atomic mass is 16.4. The van der Waals surface area contributed by atoms with Gasteiger partial charge in [0.2, 0.25) is 124 Å². The van der Waals surface area contributed by atoms with E-state index in [2.05, 4.69) is 85.1 Å². The average molecular weight is 1920 g/mol. The van der Waals surface area contributed by atoms with Gasteiger partial charge in [0.1, 0.15) is 96.7 Å². The predicted octanol–water partition coefficient (Wildman–Crippen LogP) is -12.9. The Hall–Kier alpha value is -13.4. The number of unbranched alkanes of at least 4 members (excludes halogenated alkanes) is 1. The van der Waals surface area contributed by atoms with Crippen molar-refractivity contribution in [1.29, 1.82) is 0 Å². The molecule has 0 bridgehead atoms. The van der Waals surface area contributed by atoms with E-state index in [-0.39, 0.29) is 44.6 Å². The van der Waals surface area contributed by atoms with Crippen LogP contribution < -0.4 is 125 Å². The van der Waals surface area contributed by atoms with Crippen LogP contribution in [0.25, 0.3) is 0 Å². The molecule has 36 N–H and O–H groups in total. The van der Waals surface area contributed by atoms with Gasteiger partial charge in [0.15, 0.2) is 0 Å². The van der Waals surface area contributed by atoms with Crippen LogP contribution in [-0.2, 0) is 120 Å². The minimum absolute atomic E-state index is 0.0566. The fourth-order valence-corrected chi connectivity index (χ4v) is 12.3. The molecule has 0 aliphatic carbocycles. The molecule has 55 nitrogen and oxygen atoms in total. The summed E-state index contributed by atoms with van der Waals surface area (Å²) in [6.07, 6.45) is -13.3. The van der Waals surface area contributed by atoms with E-state index in [0.717, 1.165) is 27.7 Å². The van der Waals surface area contributed by atoms with Gasteiger partial charge in [-0.25, -0.2) is 4.79 Å². The monoisotopic (exact) mass is 1920 g/mol. The Labute approximate surface area is 769 Å². The normalized spacial score (nSPS) is 15.4. The summed E-state index contributed by atoms with van der Waals surface area (Å²) in [6, 6.07) is -30.3. The number of aliphatic hydroxyl groups is 3. The van der Waals surface area contributed by atoms with Crippen molar-refractivity contribution >= 4 is 148 Å². The smallest absolute Gasteiger partial charge is 0.328 e. The van der Waals surface area contributed by atoms with Crippen LogP contribution in [0.15, 0.2) is 0 Å². The van der Waals surface area contributed by atoms with Crippen molar-refractivity contribution in [3.63, 3.8) is 0 Å². The third kappa shape index (κ3) is 47.1. The topological polar surface area (TPSA) is 929 Å². The van der Waals surface area contributed by atoms with Crippen LogP contribution in [-0.4, -0.2) is 318 Å². The van der Waals surface area contributed by atoms with Crippen LogP contribution in [0.5, 0.6) is 0 Å². The summed E-state index contributed by atoms with van der Waals surface area (Å²) in [5.41, 5.74) is 32.8. The van der Waals surface area contributed by atoms with Crippen LogP contribution in [0, 0.1) is 23.7 Å². The predicted molar refractivity (Wildman–Crippen MR) is 463 cm³/mol. The molecule has 0 saturated heterocycles. The zero-order chi connectivity index (χ0) is 103. The second-order valence-corrected chi connectivity index (χ2v) is 33.2. The summed E-state index contributed by atoms with van der Waals surface area (Å²) in [7, 11) is 0. The number of carbonyl (C=O) groups excluding carboxylic acids is 21. The lowest BCUT2D eigenvalue weighted by molar-refractivity contribution is -0.143. The molecule has 0 spiro atoms. The first kappa shape index (κ1) is 121. The molecule has 0 saturated carbocycles. The molecular weight excluding hydrogens is 1780 g/mol. The summed E-state index contributed by atoms with van der Waals surface area (Å²) >= 11 is 0. The highest BCUT2D eigenvalue weighted by molar-refractivity contribution is 6.03. The first-order valence-corrected chi connectivity index (χ1v) is 42.8. The van der Waals surface area contributed by atoms with Crippen molar-refractivity contribution in [3.8, 4) is 0 Å². The summed E-state index contributed by atoms with van der Waals surface area (Å²) in [5.74, 6) is -33.6. The van der Waals surface area contributed by atoms with E-state index in [0.29, 0.717) is 0 Å². The van der Waals surface area contributed by atoms with Gasteiger partial charge in [-0.1, -0.05) is 55.4 Å². The first-order valence-electron chi connectivity index (χ1n) is 42.8. The highest BCUT2D eigenvalue weighted by Crippen LogP contribution is 2.16. The van der Waals surface area contributed by atoms with Gasteiger partial charge < -0.3 is 161 Å². The lowest BCUT2D eigenvalue weighted by Crippen LogP contribution is -2.62. The van der Waals surface area contributed by atoms with Crippen LogP contribution >= 0.6 is 0 Å². The minimum atomic E-state index is -2.26. The van der Waals surface area contributed by atoms with Crippen molar-refractivity contribution in [2.24, 2.45) is 58.1 Å².